The number of ether oxygens (including phenoxy) is 2. The van der Waals surface area contributed by atoms with Crippen molar-refractivity contribution in [3.63, 3.8) is 0 Å². The fraction of sp³-hybridized carbons (Fsp3) is 0.286. The third-order valence-corrected chi connectivity index (χ3v) is 9.48. The van der Waals surface area contributed by atoms with E-state index in [1.807, 2.05) is 0 Å². The molecule has 5 atom stereocenters. The Hall–Kier alpha value is -5.37. The van der Waals surface area contributed by atoms with Crippen LogP contribution in [0.25, 0.3) is 43.6 Å². The number of amides is 2. The largest absolute Gasteiger partial charge is 0.508 e. The second-order valence-electron chi connectivity index (χ2n) is 12.6. The van der Waals surface area contributed by atoms with Crippen LogP contribution < -0.4 is 4.74 Å². The van der Waals surface area contributed by atoms with E-state index in [9.17, 15) is 50.4 Å². The number of carbonyl (C=O) groups excluding carboxylic acids is 2. The standard InChI is InChI=1S/C35H32N4O13/c40-11-14-7-18(8-15(12-41)36-14)50-5-6-51-39-33(48)26-24-19-3-1-16(43)9-21(19)37-28(24)29-25(27(26)34(39)49)20-4-2-17(44)10-22(20)38(29)35-32(47)31(46)30(45)23(13-42)52-35/h1-4,7-10,23,30-32,35,37,40-47H,5-6,11-13H2/t23-,30-,31+,32-,35-/m1/s1. The first kappa shape index (κ1) is 33.8. The number of imide groups is 1. The maximum Gasteiger partial charge on any atom is 0.286 e. The highest BCUT2D eigenvalue weighted by Gasteiger charge is 2.47. The molecule has 2 aliphatic rings. The first-order valence-corrected chi connectivity index (χ1v) is 16.2. The Bertz CT molecular complexity index is 2400. The van der Waals surface area contributed by atoms with Crippen LogP contribution in [0.2, 0.25) is 0 Å². The first-order valence-electron chi connectivity index (χ1n) is 16.2. The predicted octanol–water partition coefficient (Wildman–Crippen LogP) is 0.799. The van der Waals surface area contributed by atoms with Crippen LogP contribution in [-0.2, 0) is 22.8 Å². The smallest absolute Gasteiger partial charge is 0.286 e. The predicted molar refractivity (Wildman–Crippen MR) is 179 cm³/mol. The highest BCUT2D eigenvalue weighted by molar-refractivity contribution is 6.39. The summed E-state index contributed by atoms with van der Waals surface area (Å²) in [6.07, 6.45) is -7.99. The molecule has 1 saturated heterocycles. The lowest BCUT2D eigenvalue weighted by Crippen LogP contribution is -2.56. The van der Waals surface area contributed by atoms with E-state index in [4.69, 9.17) is 14.3 Å². The van der Waals surface area contributed by atoms with Crippen LogP contribution in [0, 0.1) is 0 Å². The Morgan fingerprint density at radius 2 is 1.44 bits per heavy atom. The second-order valence-corrected chi connectivity index (χ2v) is 12.6. The van der Waals surface area contributed by atoms with Crippen LogP contribution in [0.4, 0.5) is 0 Å². The van der Waals surface area contributed by atoms with Crippen molar-refractivity contribution in [2.45, 2.75) is 43.9 Å². The summed E-state index contributed by atoms with van der Waals surface area (Å²) >= 11 is 0. The van der Waals surface area contributed by atoms with Gasteiger partial charge in [-0.15, -0.1) is 5.06 Å². The van der Waals surface area contributed by atoms with Gasteiger partial charge >= 0.3 is 0 Å². The summed E-state index contributed by atoms with van der Waals surface area (Å²) < 4.78 is 13.1. The van der Waals surface area contributed by atoms with E-state index >= 15 is 0 Å². The van der Waals surface area contributed by atoms with Crippen LogP contribution in [0.1, 0.15) is 38.3 Å². The quantitative estimate of drug-likeness (QED) is 0.0741. The fourth-order valence-electron chi connectivity index (χ4n) is 7.22. The average molecular weight is 717 g/mol. The summed E-state index contributed by atoms with van der Waals surface area (Å²) in [5.74, 6) is -1.67. The van der Waals surface area contributed by atoms with Gasteiger partial charge in [-0.05, 0) is 24.3 Å². The number of H-pyrrole nitrogens is 1. The molecule has 17 nitrogen and oxygen atoms in total. The zero-order valence-corrected chi connectivity index (χ0v) is 27.0. The molecule has 1 fully saturated rings. The lowest BCUT2D eigenvalue weighted by molar-refractivity contribution is -0.249. The molecular formula is C35H32N4O13. The van der Waals surface area contributed by atoms with E-state index in [0.717, 1.165) is 0 Å². The van der Waals surface area contributed by atoms with Crippen LogP contribution in [0.5, 0.6) is 17.2 Å². The van der Waals surface area contributed by atoms with Gasteiger partial charge < -0.3 is 59.9 Å². The molecule has 3 aromatic carbocycles. The third-order valence-electron chi connectivity index (χ3n) is 9.48. The van der Waals surface area contributed by atoms with Gasteiger partial charge in [0.15, 0.2) is 6.23 Å². The number of aromatic nitrogens is 3. The molecule has 2 aliphatic heterocycles. The molecular weight excluding hydrogens is 684 g/mol. The molecule has 0 radical (unpaired) electrons. The average Bonchev–Trinajstić information content (AvgIpc) is 3.75. The molecule has 52 heavy (non-hydrogen) atoms. The number of rotatable bonds is 9. The van der Waals surface area contributed by atoms with Gasteiger partial charge in [-0.25, -0.2) is 0 Å². The number of aliphatic hydroxyl groups excluding tert-OH is 6. The minimum Gasteiger partial charge on any atom is -0.508 e. The molecule has 2 amide bonds. The van der Waals surface area contributed by atoms with Crippen molar-refractivity contribution in [2.75, 3.05) is 19.8 Å². The van der Waals surface area contributed by atoms with Crippen molar-refractivity contribution in [2.24, 2.45) is 0 Å². The number of pyridine rings is 1. The maximum atomic E-state index is 14.3. The van der Waals surface area contributed by atoms with Crippen LogP contribution in [-0.4, -0.2) is 117 Å². The fourth-order valence-corrected chi connectivity index (χ4v) is 7.22. The summed E-state index contributed by atoms with van der Waals surface area (Å²) in [5, 5.41) is 84.4. The number of nitrogens with zero attached hydrogens (tertiary/aromatic N) is 3. The zero-order chi connectivity index (χ0) is 36.6. The Balaban J connectivity index is 1.30. The van der Waals surface area contributed by atoms with Gasteiger partial charge in [0.25, 0.3) is 11.8 Å². The van der Waals surface area contributed by atoms with Gasteiger partial charge in [0, 0.05) is 45.8 Å². The van der Waals surface area contributed by atoms with Crippen molar-refractivity contribution >= 4 is 55.4 Å². The normalized spacial score (nSPS) is 22.0. The molecule has 0 unspecified atom stereocenters. The molecule has 9 N–H and O–H groups in total. The molecule has 6 aromatic rings. The summed E-state index contributed by atoms with van der Waals surface area (Å²) in [5.41, 5.74) is 1.50. The summed E-state index contributed by atoms with van der Waals surface area (Å²) in [7, 11) is 0. The Morgan fingerprint density at radius 3 is 2.12 bits per heavy atom. The van der Waals surface area contributed by atoms with Gasteiger partial charge in [0.1, 0.15) is 54.9 Å². The number of hydrogen-bond acceptors (Lipinski definition) is 14. The van der Waals surface area contributed by atoms with Crippen LogP contribution in [0.15, 0.2) is 48.5 Å². The monoisotopic (exact) mass is 716 g/mol. The summed E-state index contributed by atoms with van der Waals surface area (Å²) in [6.45, 7) is -1.93. The Morgan fingerprint density at radius 1 is 0.788 bits per heavy atom. The van der Waals surface area contributed by atoms with Crippen molar-refractivity contribution in [1.82, 2.24) is 19.6 Å². The van der Waals surface area contributed by atoms with E-state index < -0.39 is 62.3 Å². The van der Waals surface area contributed by atoms with Gasteiger partial charge in [-0.2, -0.15) is 0 Å². The molecule has 8 rings (SSSR count). The Labute approximate surface area is 291 Å². The molecule has 0 aliphatic carbocycles. The number of fused-ring (bicyclic) bond motifs is 10. The van der Waals surface area contributed by atoms with Crippen molar-refractivity contribution < 1.29 is 64.8 Å². The van der Waals surface area contributed by atoms with Gasteiger partial charge in [0.2, 0.25) is 0 Å². The van der Waals surface area contributed by atoms with Crippen LogP contribution >= 0.6 is 0 Å². The lowest BCUT2D eigenvalue weighted by Gasteiger charge is -2.41. The summed E-state index contributed by atoms with van der Waals surface area (Å²) in [4.78, 5) is 41.6. The molecule has 0 saturated carbocycles. The van der Waals surface area contributed by atoms with E-state index in [1.165, 1.54) is 47.0 Å². The van der Waals surface area contributed by atoms with Crippen molar-refractivity contribution in [3.05, 3.63) is 71.0 Å². The minimum absolute atomic E-state index is 0.0272. The number of aliphatic hydroxyl groups is 6. The topological polar surface area (TPSA) is 261 Å². The number of hydrogen-bond donors (Lipinski definition) is 9. The SMILES string of the molecule is O=C1c2c(c3c4ccc(O)cc4n([C@@H]4O[C@H](CO)[C@@H](O)[C@H](O)[C@H]4O)c3c3[nH]c4cc(O)ccc4c23)C(=O)N1OCCOc1cc(CO)nc(CO)c1. The number of hydroxylamine groups is 2. The van der Waals surface area contributed by atoms with Gasteiger partial charge in [0.05, 0.1) is 64.4 Å². The van der Waals surface area contributed by atoms with E-state index in [0.29, 0.717) is 21.4 Å². The third kappa shape index (κ3) is 5.06. The molecule has 5 heterocycles. The lowest BCUT2D eigenvalue weighted by atomic mass is 9.96. The van der Waals surface area contributed by atoms with E-state index in [1.54, 1.807) is 6.07 Å². The van der Waals surface area contributed by atoms with Gasteiger partial charge in [-0.1, -0.05) is 0 Å². The van der Waals surface area contributed by atoms with E-state index in [2.05, 4.69) is 9.97 Å². The Kier molecular flexibility index (Phi) is 8.24. The second kappa shape index (κ2) is 12.7. The number of carbonyl (C=O) groups is 2. The van der Waals surface area contributed by atoms with Crippen molar-refractivity contribution in [1.29, 1.82) is 0 Å². The molecule has 17 heteroatoms. The highest BCUT2D eigenvalue weighted by Crippen LogP contribution is 2.48. The van der Waals surface area contributed by atoms with Gasteiger partial charge in [-0.3, -0.25) is 19.4 Å². The van der Waals surface area contributed by atoms with E-state index in [-0.39, 0.29) is 80.3 Å². The number of aromatic amines is 1. The van der Waals surface area contributed by atoms with Crippen molar-refractivity contribution in [3.8, 4) is 17.2 Å². The number of aromatic hydroxyl groups is 2. The molecule has 0 spiro atoms. The summed E-state index contributed by atoms with van der Waals surface area (Å²) in [6, 6.07) is 11.6. The number of nitrogens with one attached hydrogen (secondary N) is 1. The number of phenols is 2. The molecule has 270 valence electrons. The first-order chi connectivity index (χ1) is 25.1. The maximum absolute atomic E-state index is 14.3. The number of phenolic OH excluding ortho intramolecular Hbond substituents is 2. The minimum atomic E-state index is -1.77. The molecule has 0 bridgehead atoms. The number of benzene rings is 3. The zero-order valence-electron chi connectivity index (χ0n) is 27.0. The van der Waals surface area contributed by atoms with Crippen LogP contribution in [0.3, 0.4) is 0 Å². The molecule has 3 aromatic heterocycles. The highest BCUT2D eigenvalue weighted by atomic mass is 16.7.